The van der Waals surface area contributed by atoms with Gasteiger partial charge in [-0.15, -0.1) is 0 Å². The zero-order valence-corrected chi connectivity index (χ0v) is 14.9. The number of hydrogen-bond acceptors (Lipinski definition) is 4. The minimum Gasteiger partial charge on any atom is -0.427 e. The molecule has 4 heteroatoms. The van der Waals surface area contributed by atoms with Crippen molar-refractivity contribution in [1.29, 1.82) is 0 Å². The Kier molecular flexibility index (Phi) is 6.12. The zero-order valence-electron chi connectivity index (χ0n) is 14.9. The minimum atomic E-state index is -0.427. The maximum absolute atomic E-state index is 11.5. The molecule has 0 spiro atoms. The normalized spacial score (nSPS) is 10.9. The summed E-state index contributed by atoms with van der Waals surface area (Å²) in [4.78, 5) is 22.8. The third kappa shape index (κ3) is 5.31. The lowest BCUT2D eigenvalue weighted by atomic mass is 9.95. The fourth-order valence-electron chi connectivity index (χ4n) is 2.59. The highest BCUT2D eigenvalue weighted by molar-refractivity contribution is 5.77. The van der Waals surface area contributed by atoms with E-state index < -0.39 is 11.9 Å². The number of benzene rings is 2. The van der Waals surface area contributed by atoms with Crippen LogP contribution in [0.5, 0.6) is 11.5 Å². The third-order valence-electron chi connectivity index (χ3n) is 3.50. The van der Waals surface area contributed by atoms with E-state index in [4.69, 9.17) is 9.47 Å². The van der Waals surface area contributed by atoms with Crippen LogP contribution in [0.25, 0.3) is 12.2 Å². The highest BCUT2D eigenvalue weighted by atomic mass is 16.5. The first-order chi connectivity index (χ1) is 11.9. The molecule has 130 valence electrons. The molecule has 0 fully saturated rings. The first-order valence-electron chi connectivity index (χ1n) is 8.14. The van der Waals surface area contributed by atoms with E-state index in [0.29, 0.717) is 11.5 Å². The van der Waals surface area contributed by atoms with Crippen LogP contribution in [0.3, 0.4) is 0 Å². The summed E-state index contributed by atoms with van der Waals surface area (Å²) in [7, 11) is 0. The van der Waals surface area contributed by atoms with Crippen LogP contribution in [0.2, 0.25) is 0 Å². The van der Waals surface area contributed by atoms with Gasteiger partial charge in [-0.2, -0.15) is 0 Å². The van der Waals surface area contributed by atoms with Gasteiger partial charge in [-0.1, -0.05) is 56.3 Å². The van der Waals surface area contributed by atoms with Crippen LogP contribution < -0.4 is 9.47 Å². The number of carbonyl (C=O) groups excluding carboxylic acids is 2. The number of ether oxygens (including phenoxy) is 2. The monoisotopic (exact) mass is 338 g/mol. The summed E-state index contributed by atoms with van der Waals surface area (Å²) in [5, 5.41) is 0. The fourth-order valence-corrected chi connectivity index (χ4v) is 2.59. The van der Waals surface area contributed by atoms with Gasteiger partial charge in [-0.25, -0.2) is 0 Å². The van der Waals surface area contributed by atoms with Crippen LogP contribution in [0, 0.1) is 0 Å². The van der Waals surface area contributed by atoms with E-state index >= 15 is 0 Å². The Morgan fingerprint density at radius 2 is 1.56 bits per heavy atom. The summed E-state index contributed by atoms with van der Waals surface area (Å²) in [6.07, 6.45) is 3.90. The van der Waals surface area contributed by atoms with Gasteiger partial charge in [0.05, 0.1) is 0 Å². The molecule has 0 N–H and O–H groups in total. The number of hydrogen-bond donors (Lipinski definition) is 0. The van der Waals surface area contributed by atoms with Gasteiger partial charge >= 0.3 is 11.9 Å². The Morgan fingerprint density at radius 1 is 0.920 bits per heavy atom. The van der Waals surface area contributed by atoms with Crippen molar-refractivity contribution in [3.63, 3.8) is 0 Å². The third-order valence-corrected chi connectivity index (χ3v) is 3.50. The molecule has 0 aliphatic heterocycles. The first-order valence-corrected chi connectivity index (χ1v) is 8.14. The summed E-state index contributed by atoms with van der Waals surface area (Å²) in [6, 6.07) is 13.2. The molecular formula is C21H22O4. The van der Waals surface area contributed by atoms with Crippen LogP contribution >= 0.6 is 0 Å². The molecule has 0 saturated carbocycles. The molecule has 2 aromatic carbocycles. The Hall–Kier alpha value is -2.88. The van der Waals surface area contributed by atoms with Crippen molar-refractivity contribution in [3.05, 3.63) is 59.2 Å². The smallest absolute Gasteiger partial charge is 0.308 e. The summed E-state index contributed by atoms with van der Waals surface area (Å²) in [5.41, 5.74) is 2.77. The van der Waals surface area contributed by atoms with Gasteiger partial charge < -0.3 is 9.47 Å². The SMILES string of the molecule is CC(=O)Oc1cc(C=Cc2ccccc2)c(C(C)C)c(OC(C)=O)c1. The lowest BCUT2D eigenvalue weighted by Crippen LogP contribution is -2.08. The topological polar surface area (TPSA) is 52.6 Å². The summed E-state index contributed by atoms with van der Waals surface area (Å²) in [5.74, 6) is 0.0369. The van der Waals surface area contributed by atoms with Crippen LogP contribution in [-0.2, 0) is 9.59 Å². The van der Waals surface area contributed by atoms with E-state index in [1.807, 2.05) is 56.3 Å². The standard InChI is InChI=1S/C21H22O4/c1-14(2)21-18(11-10-17-8-6-5-7-9-17)12-19(24-15(3)22)13-20(21)25-16(4)23/h5-14H,1-4H3. The van der Waals surface area contributed by atoms with Crippen molar-refractivity contribution in [2.24, 2.45) is 0 Å². The molecule has 0 atom stereocenters. The van der Waals surface area contributed by atoms with Crippen LogP contribution in [0.1, 0.15) is 50.3 Å². The van der Waals surface area contributed by atoms with Gasteiger partial charge in [0.1, 0.15) is 11.5 Å². The lowest BCUT2D eigenvalue weighted by Gasteiger charge is -2.17. The molecule has 25 heavy (non-hydrogen) atoms. The Labute approximate surface area is 148 Å². The van der Waals surface area contributed by atoms with Gasteiger partial charge in [0.25, 0.3) is 0 Å². The molecule has 0 radical (unpaired) electrons. The molecule has 0 heterocycles. The quantitative estimate of drug-likeness (QED) is 0.445. The van der Waals surface area contributed by atoms with Crippen molar-refractivity contribution < 1.29 is 19.1 Å². The number of rotatable bonds is 5. The van der Waals surface area contributed by atoms with Crippen molar-refractivity contribution >= 4 is 24.1 Å². The van der Waals surface area contributed by atoms with Crippen LogP contribution in [0.15, 0.2) is 42.5 Å². The average molecular weight is 338 g/mol. The summed E-state index contributed by atoms with van der Waals surface area (Å²) < 4.78 is 10.6. The van der Waals surface area contributed by atoms with E-state index in [2.05, 4.69) is 0 Å². The molecule has 2 aromatic rings. The van der Waals surface area contributed by atoms with E-state index in [-0.39, 0.29) is 5.92 Å². The van der Waals surface area contributed by atoms with Crippen LogP contribution in [0.4, 0.5) is 0 Å². The van der Waals surface area contributed by atoms with Crippen LogP contribution in [-0.4, -0.2) is 11.9 Å². The van der Waals surface area contributed by atoms with Crippen molar-refractivity contribution in [2.45, 2.75) is 33.6 Å². The second-order valence-corrected chi connectivity index (χ2v) is 6.01. The zero-order chi connectivity index (χ0) is 18.4. The van der Waals surface area contributed by atoms with E-state index in [1.165, 1.54) is 13.8 Å². The predicted molar refractivity (Wildman–Crippen MR) is 98.5 cm³/mol. The molecule has 0 aromatic heterocycles. The largest absolute Gasteiger partial charge is 0.427 e. The highest BCUT2D eigenvalue weighted by Gasteiger charge is 2.17. The molecular weight excluding hydrogens is 316 g/mol. The molecule has 0 aliphatic carbocycles. The summed E-state index contributed by atoms with van der Waals surface area (Å²) in [6.45, 7) is 6.73. The van der Waals surface area contributed by atoms with E-state index in [0.717, 1.165) is 16.7 Å². The second-order valence-electron chi connectivity index (χ2n) is 6.01. The minimum absolute atomic E-state index is 0.121. The second kappa shape index (κ2) is 8.29. The molecule has 0 amide bonds. The Balaban J connectivity index is 2.54. The predicted octanol–water partition coefficient (Wildman–Crippen LogP) is 4.83. The average Bonchev–Trinajstić information content (AvgIpc) is 2.52. The van der Waals surface area contributed by atoms with Crippen molar-refractivity contribution in [2.75, 3.05) is 0 Å². The molecule has 0 unspecified atom stereocenters. The molecule has 0 saturated heterocycles. The van der Waals surface area contributed by atoms with Crippen molar-refractivity contribution in [3.8, 4) is 11.5 Å². The first kappa shape index (κ1) is 18.5. The van der Waals surface area contributed by atoms with Crippen molar-refractivity contribution in [1.82, 2.24) is 0 Å². The number of esters is 2. The van der Waals surface area contributed by atoms with Gasteiger partial charge in [-0.3, -0.25) is 9.59 Å². The molecule has 4 nitrogen and oxygen atoms in total. The van der Waals surface area contributed by atoms with E-state index in [1.54, 1.807) is 12.1 Å². The van der Waals surface area contributed by atoms with Gasteiger partial charge in [0, 0.05) is 25.5 Å². The molecule has 0 aliphatic rings. The van der Waals surface area contributed by atoms with Gasteiger partial charge in [0.15, 0.2) is 0 Å². The highest BCUT2D eigenvalue weighted by Crippen LogP contribution is 2.35. The Bertz CT molecular complexity index is 789. The fraction of sp³-hybridized carbons (Fsp3) is 0.238. The lowest BCUT2D eigenvalue weighted by molar-refractivity contribution is -0.132. The maximum Gasteiger partial charge on any atom is 0.308 e. The number of carbonyl (C=O) groups is 2. The maximum atomic E-state index is 11.5. The summed E-state index contributed by atoms with van der Waals surface area (Å²) >= 11 is 0. The van der Waals surface area contributed by atoms with Gasteiger partial charge in [0.2, 0.25) is 0 Å². The molecule has 0 bridgehead atoms. The molecule has 2 rings (SSSR count). The van der Waals surface area contributed by atoms with Gasteiger partial charge in [-0.05, 0) is 23.1 Å². The van der Waals surface area contributed by atoms with E-state index in [9.17, 15) is 9.59 Å². The Morgan fingerprint density at radius 3 is 2.12 bits per heavy atom.